The smallest absolute Gasteiger partial charge is 0.320 e. The van der Waals surface area contributed by atoms with E-state index < -0.39 is 12.0 Å². The molecule has 23 heavy (non-hydrogen) atoms. The zero-order valence-electron chi connectivity index (χ0n) is 13.6. The molecule has 0 heterocycles. The van der Waals surface area contributed by atoms with Gasteiger partial charge in [0.05, 0.1) is 12.3 Å². The highest BCUT2D eigenvalue weighted by Gasteiger charge is 2.34. The third-order valence-corrected chi connectivity index (χ3v) is 3.93. The number of carboxylic acids is 1. The summed E-state index contributed by atoms with van der Waals surface area (Å²) in [5.41, 5.74) is 0.642. The topological polar surface area (TPSA) is 78.9 Å². The number of carboxylic acid groups (broad SMARTS) is 1. The van der Waals surface area contributed by atoms with Gasteiger partial charge in [0.1, 0.15) is 11.8 Å². The van der Waals surface area contributed by atoms with Crippen molar-refractivity contribution < 1.29 is 19.4 Å². The quantitative estimate of drug-likeness (QED) is 0.730. The standard InChI is InChI=1S/C17H24N2O4/c1-3-23-15-7-5-4-6-14(15)18-16(20)10-11-19(13-8-9-13)12(2)17(21)22/h4-7,12-13H,3,8-11H2,1-2H3,(H,18,20)(H,21,22). The fourth-order valence-electron chi connectivity index (χ4n) is 2.54. The highest BCUT2D eigenvalue weighted by atomic mass is 16.5. The van der Waals surface area contributed by atoms with Gasteiger partial charge in [0, 0.05) is 19.0 Å². The van der Waals surface area contributed by atoms with Crippen molar-refractivity contribution in [1.29, 1.82) is 0 Å². The highest BCUT2D eigenvalue weighted by Crippen LogP contribution is 2.29. The lowest BCUT2D eigenvalue weighted by molar-refractivity contribution is -0.143. The Bertz CT molecular complexity index is 557. The van der Waals surface area contributed by atoms with E-state index in [0.29, 0.717) is 30.6 Å². The first-order valence-electron chi connectivity index (χ1n) is 8.03. The molecule has 1 aliphatic rings. The van der Waals surface area contributed by atoms with Crippen LogP contribution in [0.15, 0.2) is 24.3 Å². The minimum Gasteiger partial charge on any atom is -0.492 e. The van der Waals surface area contributed by atoms with Crippen LogP contribution in [0.3, 0.4) is 0 Å². The fraction of sp³-hybridized carbons (Fsp3) is 0.529. The number of anilines is 1. The van der Waals surface area contributed by atoms with Crippen molar-refractivity contribution in [2.75, 3.05) is 18.5 Å². The van der Waals surface area contributed by atoms with E-state index in [9.17, 15) is 9.59 Å². The number of hydrogen-bond donors (Lipinski definition) is 2. The average Bonchev–Trinajstić information content (AvgIpc) is 3.34. The molecular weight excluding hydrogens is 296 g/mol. The van der Waals surface area contributed by atoms with Gasteiger partial charge in [-0.3, -0.25) is 14.5 Å². The van der Waals surface area contributed by atoms with E-state index in [4.69, 9.17) is 9.84 Å². The molecule has 1 aromatic rings. The fourth-order valence-corrected chi connectivity index (χ4v) is 2.54. The Kier molecular flexibility index (Phi) is 5.98. The highest BCUT2D eigenvalue weighted by molar-refractivity contribution is 5.92. The molecule has 1 unspecified atom stereocenters. The lowest BCUT2D eigenvalue weighted by atomic mass is 10.2. The monoisotopic (exact) mass is 320 g/mol. The maximum atomic E-state index is 12.2. The van der Waals surface area contributed by atoms with Crippen molar-refractivity contribution in [3.8, 4) is 5.75 Å². The van der Waals surface area contributed by atoms with Crippen molar-refractivity contribution in [3.63, 3.8) is 0 Å². The average molecular weight is 320 g/mol. The summed E-state index contributed by atoms with van der Waals surface area (Å²) in [6.45, 7) is 4.53. The SMILES string of the molecule is CCOc1ccccc1NC(=O)CCN(C1CC1)C(C)C(=O)O. The van der Waals surface area contributed by atoms with Gasteiger partial charge in [0.25, 0.3) is 0 Å². The minimum absolute atomic E-state index is 0.139. The summed E-state index contributed by atoms with van der Waals surface area (Å²) in [5, 5.41) is 12.0. The molecule has 0 bridgehead atoms. The molecule has 1 fully saturated rings. The minimum atomic E-state index is -0.848. The van der Waals surface area contributed by atoms with Crippen LogP contribution >= 0.6 is 0 Å². The first kappa shape index (κ1) is 17.3. The van der Waals surface area contributed by atoms with Gasteiger partial charge in [-0.05, 0) is 38.8 Å². The number of aliphatic carboxylic acids is 1. The molecule has 0 radical (unpaired) electrons. The van der Waals surface area contributed by atoms with Crippen LogP contribution < -0.4 is 10.1 Å². The predicted octanol–water partition coefficient (Wildman–Crippen LogP) is 2.35. The number of amides is 1. The lowest BCUT2D eigenvalue weighted by Crippen LogP contribution is -2.42. The number of rotatable bonds is 9. The second kappa shape index (κ2) is 7.97. The van der Waals surface area contributed by atoms with Gasteiger partial charge < -0.3 is 15.2 Å². The summed E-state index contributed by atoms with van der Waals surface area (Å²) >= 11 is 0. The summed E-state index contributed by atoms with van der Waals surface area (Å²) in [7, 11) is 0. The third-order valence-electron chi connectivity index (χ3n) is 3.93. The van der Waals surface area contributed by atoms with E-state index >= 15 is 0 Å². The molecule has 0 saturated heterocycles. The Morgan fingerprint density at radius 3 is 2.70 bits per heavy atom. The molecule has 1 saturated carbocycles. The number of nitrogens with one attached hydrogen (secondary N) is 1. The lowest BCUT2D eigenvalue weighted by Gasteiger charge is -2.25. The van der Waals surface area contributed by atoms with Crippen LogP contribution in [0.5, 0.6) is 5.75 Å². The number of para-hydroxylation sites is 2. The third kappa shape index (κ3) is 4.96. The summed E-state index contributed by atoms with van der Waals surface area (Å²) in [4.78, 5) is 25.2. The molecular formula is C17H24N2O4. The van der Waals surface area contributed by atoms with Gasteiger partial charge in [-0.15, -0.1) is 0 Å². The molecule has 0 spiro atoms. The second-order valence-corrected chi connectivity index (χ2v) is 5.71. The first-order chi connectivity index (χ1) is 11.0. The molecule has 1 aromatic carbocycles. The summed E-state index contributed by atoms with van der Waals surface area (Å²) in [6.07, 6.45) is 2.27. The molecule has 0 aliphatic heterocycles. The summed E-state index contributed by atoms with van der Waals surface area (Å²) in [5.74, 6) is -0.347. The number of hydrogen-bond acceptors (Lipinski definition) is 4. The van der Waals surface area contributed by atoms with Crippen LogP contribution in [0.4, 0.5) is 5.69 Å². The van der Waals surface area contributed by atoms with Crippen LogP contribution in [0.2, 0.25) is 0 Å². The van der Waals surface area contributed by atoms with Crippen LogP contribution in [0.25, 0.3) is 0 Å². The Hall–Kier alpha value is -2.08. The Labute approximate surface area is 136 Å². The molecule has 1 atom stereocenters. The molecule has 1 amide bonds. The summed E-state index contributed by atoms with van der Waals surface area (Å²) < 4.78 is 5.48. The van der Waals surface area contributed by atoms with Crippen molar-refractivity contribution >= 4 is 17.6 Å². The van der Waals surface area contributed by atoms with Crippen LogP contribution in [0, 0.1) is 0 Å². The molecule has 2 rings (SSSR count). The molecule has 6 nitrogen and oxygen atoms in total. The maximum Gasteiger partial charge on any atom is 0.320 e. The van der Waals surface area contributed by atoms with Gasteiger partial charge in [0.15, 0.2) is 0 Å². The van der Waals surface area contributed by atoms with E-state index in [2.05, 4.69) is 5.32 Å². The van der Waals surface area contributed by atoms with E-state index in [1.165, 1.54) is 0 Å². The normalized spacial score (nSPS) is 15.3. The molecule has 2 N–H and O–H groups in total. The Balaban J connectivity index is 1.90. The van der Waals surface area contributed by atoms with Gasteiger partial charge in [0.2, 0.25) is 5.91 Å². The number of carbonyl (C=O) groups excluding carboxylic acids is 1. The first-order valence-corrected chi connectivity index (χ1v) is 8.03. The van der Waals surface area contributed by atoms with Crippen LogP contribution in [-0.4, -0.2) is 47.1 Å². The van der Waals surface area contributed by atoms with Gasteiger partial charge in [-0.1, -0.05) is 12.1 Å². The molecule has 126 valence electrons. The molecule has 1 aliphatic carbocycles. The van der Waals surface area contributed by atoms with Crippen molar-refractivity contribution in [2.24, 2.45) is 0 Å². The zero-order valence-corrected chi connectivity index (χ0v) is 13.6. The maximum absolute atomic E-state index is 12.2. The van der Waals surface area contributed by atoms with E-state index in [-0.39, 0.29) is 12.3 Å². The van der Waals surface area contributed by atoms with Gasteiger partial charge in [-0.2, -0.15) is 0 Å². The Morgan fingerprint density at radius 1 is 1.39 bits per heavy atom. The zero-order chi connectivity index (χ0) is 16.8. The number of nitrogens with zero attached hydrogens (tertiary/aromatic N) is 1. The Morgan fingerprint density at radius 2 is 2.09 bits per heavy atom. The molecule has 6 heteroatoms. The van der Waals surface area contributed by atoms with Crippen molar-refractivity contribution in [2.45, 2.75) is 45.2 Å². The largest absolute Gasteiger partial charge is 0.492 e. The van der Waals surface area contributed by atoms with Gasteiger partial charge >= 0.3 is 5.97 Å². The predicted molar refractivity (Wildman–Crippen MR) is 87.7 cm³/mol. The van der Waals surface area contributed by atoms with E-state index in [1.807, 2.05) is 30.0 Å². The number of ether oxygens (including phenoxy) is 1. The molecule has 0 aromatic heterocycles. The number of benzene rings is 1. The second-order valence-electron chi connectivity index (χ2n) is 5.71. The van der Waals surface area contributed by atoms with Crippen LogP contribution in [-0.2, 0) is 9.59 Å². The van der Waals surface area contributed by atoms with Crippen molar-refractivity contribution in [1.82, 2.24) is 4.90 Å². The van der Waals surface area contributed by atoms with E-state index in [1.54, 1.807) is 13.0 Å². The van der Waals surface area contributed by atoms with Crippen LogP contribution in [0.1, 0.15) is 33.1 Å². The van der Waals surface area contributed by atoms with Gasteiger partial charge in [-0.25, -0.2) is 0 Å². The van der Waals surface area contributed by atoms with Crippen molar-refractivity contribution in [3.05, 3.63) is 24.3 Å². The van der Waals surface area contributed by atoms with E-state index in [0.717, 1.165) is 12.8 Å². The summed E-state index contributed by atoms with van der Waals surface area (Å²) in [6, 6.07) is 7.02. The number of carbonyl (C=O) groups is 2.